The molecular formula is C28H29F7N6O3. The number of anilines is 1. The molecule has 0 radical (unpaired) electrons. The number of aromatic nitrogens is 2. The molecule has 2 N–H and O–H groups in total. The van der Waals surface area contributed by atoms with Crippen molar-refractivity contribution in [2.75, 3.05) is 37.6 Å². The van der Waals surface area contributed by atoms with Crippen molar-refractivity contribution in [2.24, 2.45) is 5.73 Å². The first-order chi connectivity index (χ1) is 20.6. The monoisotopic (exact) mass is 630 g/mol. The Morgan fingerprint density at radius 1 is 1.07 bits per heavy atom. The summed E-state index contributed by atoms with van der Waals surface area (Å²) >= 11 is 0. The van der Waals surface area contributed by atoms with Crippen LogP contribution in [0.1, 0.15) is 24.8 Å². The maximum absolute atomic E-state index is 13.7. The van der Waals surface area contributed by atoms with Crippen LogP contribution < -0.4 is 15.4 Å². The van der Waals surface area contributed by atoms with Crippen molar-refractivity contribution >= 4 is 17.8 Å². The van der Waals surface area contributed by atoms with Gasteiger partial charge in [-0.05, 0) is 24.6 Å². The average Bonchev–Trinajstić information content (AvgIpc) is 3.36. The molecule has 1 aromatic heterocycles. The maximum atomic E-state index is 13.7. The van der Waals surface area contributed by atoms with Crippen molar-refractivity contribution in [3.05, 3.63) is 72.0 Å². The van der Waals surface area contributed by atoms with Crippen LogP contribution in [-0.4, -0.2) is 82.6 Å². The summed E-state index contributed by atoms with van der Waals surface area (Å²) in [7, 11) is 0. The molecule has 2 fully saturated rings. The molecule has 0 unspecified atom stereocenters. The number of primary amides is 1. The molecule has 9 nitrogen and oxygen atoms in total. The van der Waals surface area contributed by atoms with E-state index in [1.54, 1.807) is 9.80 Å². The number of likely N-dealkylation sites (tertiary alicyclic amines) is 1. The highest BCUT2D eigenvalue weighted by molar-refractivity contribution is 5.93. The van der Waals surface area contributed by atoms with Gasteiger partial charge in [0, 0.05) is 69.2 Å². The van der Waals surface area contributed by atoms with Crippen LogP contribution in [0.5, 0.6) is 5.75 Å². The number of allylic oxidation sites excluding steroid dienone is 1. The van der Waals surface area contributed by atoms with E-state index in [0.717, 1.165) is 0 Å². The number of amides is 2. The van der Waals surface area contributed by atoms with Gasteiger partial charge in [0.1, 0.15) is 23.2 Å². The van der Waals surface area contributed by atoms with Crippen molar-refractivity contribution in [2.45, 2.75) is 43.8 Å². The zero-order chi connectivity index (χ0) is 32.2. The molecular weight excluding hydrogens is 601 g/mol. The lowest BCUT2D eigenvalue weighted by atomic mass is 10.1. The number of benzene rings is 1. The molecule has 16 heteroatoms. The lowest BCUT2D eigenvalue weighted by molar-refractivity contribution is -0.138. The topological polar surface area (TPSA) is 105 Å². The molecule has 0 bridgehead atoms. The molecule has 1 aromatic carbocycles. The minimum absolute atomic E-state index is 0.0174. The van der Waals surface area contributed by atoms with E-state index in [0.29, 0.717) is 18.5 Å². The Kier molecular flexibility index (Phi) is 9.69. The van der Waals surface area contributed by atoms with Gasteiger partial charge in [-0.2, -0.15) is 26.3 Å². The second-order valence-electron chi connectivity index (χ2n) is 10.3. The average molecular weight is 631 g/mol. The number of nitrogens with zero attached hydrogens (tertiary/aromatic N) is 5. The van der Waals surface area contributed by atoms with Gasteiger partial charge in [0.25, 0.3) is 5.91 Å². The predicted molar refractivity (Wildman–Crippen MR) is 143 cm³/mol. The predicted octanol–water partition coefficient (Wildman–Crippen LogP) is 4.07. The number of nitrogens with two attached hydrogens (primary N) is 1. The highest BCUT2D eigenvalue weighted by Crippen LogP contribution is 2.33. The van der Waals surface area contributed by atoms with Crippen molar-refractivity contribution in [3.63, 3.8) is 0 Å². The van der Waals surface area contributed by atoms with Crippen LogP contribution in [0.4, 0.5) is 36.7 Å². The van der Waals surface area contributed by atoms with Gasteiger partial charge in [-0.3, -0.25) is 9.59 Å². The summed E-state index contributed by atoms with van der Waals surface area (Å²) in [6.07, 6.45) is -7.71. The molecule has 238 valence electrons. The molecule has 2 aliphatic rings. The summed E-state index contributed by atoms with van der Waals surface area (Å²) in [5.41, 5.74) is 2.25. The van der Waals surface area contributed by atoms with E-state index in [2.05, 4.69) is 16.5 Å². The first kappa shape index (κ1) is 32.5. The van der Waals surface area contributed by atoms with Crippen molar-refractivity contribution < 1.29 is 45.1 Å². The number of hydrogen-bond donors (Lipinski definition) is 1. The number of carbonyl (C=O) groups excluding carboxylic acids is 2. The van der Waals surface area contributed by atoms with Crippen LogP contribution >= 0.6 is 0 Å². The molecule has 2 atom stereocenters. The first-order valence-corrected chi connectivity index (χ1v) is 13.5. The fourth-order valence-electron chi connectivity index (χ4n) is 5.09. The van der Waals surface area contributed by atoms with Gasteiger partial charge in [0.2, 0.25) is 11.9 Å². The largest absolute Gasteiger partial charge is 0.488 e. The third-order valence-corrected chi connectivity index (χ3v) is 7.30. The van der Waals surface area contributed by atoms with Gasteiger partial charge in [0.15, 0.2) is 0 Å². The van der Waals surface area contributed by atoms with Gasteiger partial charge in [0.05, 0.1) is 12.1 Å². The fourth-order valence-corrected chi connectivity index (χ4v) is 5.09. The van der Waals surface area contributed by atoms with Gasteiger partial charge >= 0.3 is 12.4 Å². The van der Waals surface area contributed by atoms with E-state index in [-0.39, 0.29) is 75.3 Å². The van der Waals surface area contributed by atoms with Gasteiger partial charge in [-0.1, -0.05) is 12.6 Å². The number of ether oxygens (including phenoxy) is 1. The smallest absolute Gasteiger partial charge is 0.421 e. The molecule has 2 aliphatic heterocycles. The lowest BCUT2D eigenvalue weighted by Crippen LogP contribution is -2.49. The summed E-state index contributed by atoms with van der Waals surface area (Å²) in [4.78, 5) is 36.8. The van der Waals surface area contributed by atoms with Gasteiger partial charge in [-0.25, -0.2) is 14.4 Å². The fraction of sp³-hybridized carbons (Fsp3) is 0.429. The Bertz CT molecular complexity index is 1390. The Balaban J connectivity index is 1.39. The Hall–Kier alpha value is -4.37. The number of halogens is 7. The van der Waals surface area contributed by atoms with E-state index in [1.165, 1.54) is 29.2 Å². The van der Waals surface area contributed by atoms with Crippen LogP contribution in [0.15, 0.2) is 60.6 Å². The van der Waals surface area contributed by atoms with Crippen molar-refractivity contribution in [1.29, 1.82) is 0 Å². The molecule has 0 aliphatic carbocycles. The van der Waals surface area contributed by atoms with E-state index in [9.17, 15) is 40.3 Å². The molecule has 44 heavy (non-hydrogen) atoms. The Labute approximate surface area is 247 Å². The number of piperazine rings is 1. The van der Waals surface area contributed by atoms with Crippen LogP contribution in [0.2, 0.25) is 0 Å². The normalized spacial score (nSPS) is 19.7. The van der Waals surface area contributed by atoms with Crippen LogP contribution in [0, 0.1) is 5.82 Å². The summed E-state index contributed by atoms with van der Waals surface area (Å²) in [5.74, 6) is -2.11. The molecule has 2 aromatic rings. The Morgan fingerprint density at radius 3 is 2.30 bits per heavy atom. The summed E-state index contributed by atoms with van der Waals surface area (Å²) < 4.78 is 98.0. The third-order valence-electron chi connectivity index (χ3n) is 7.30. The van der Waals surface area contributed by atoms with Crippen molar-refractivity contribution in [3.8, 4) is 5.75 Å². The van der Waals surface area contributed by atoms with Crippen LogP contribution in [0.3, 0.4) is 0 Å². The van der Waals surface area contributed by atoms with E-state index in [1.807, 2.05) is 0 Å². The minimum Gasteiger partial charge on any atom is -0.488 e. The Morgan fingerprint density at radius 2 is 1.73 bits per heavy atom. The summed E-state index contributed by atoms with van der Waals surface area (Å²) in [5, 5.41) is 0. The first-order valence-electron chi connectivity index (χ1n) is 13.5. The summed E-state index contributed by atoms with van der Waals surface area (Å²) in [6, 6.07) is 4.86. The van der Waals surface area contributed by atoms with Gasteiger partial charge in [-0.15, -0.1) is 0 Å². The zero-order valence-corrected chi connectivity index (χ0v) is 23.2. The molecule has 4 rings (SSSR count). The molecule has 2 saturated heterocycles. The second kappa shape index (κ2) is 13.1. The summed E-state index contributed by atoms with van der Waals surface area (Å²) in [6.45, 7) is 4.84. The number of rotatable bonds is 9. The molecule has 3 heterocycles. The van der Waals surface area contributed by atoms with Gasteiger partial charge < -0.3 is 25.2 Å². The highest BCUT2D eigenvalue weighted by atomic mass is 19.4. The molecule has 2 amide bonds. The van der Waals surface area contributed by atoms with E-state index < -0.39 is 47.4 Å². The number of carbonyl (C=O) groups is 2. The highest BCUT2D eigenvalue weighted by Gasteiger charge is 2.40. The maximum Gasteiger partial charge on any atom is 0.421 e. The van der Waals surface area contributed by atoms with Crippen LogP contribution in [-0.2, 0) is 15.8 Å². The SMILES string of the molecule is C=C(/C=C(\C(N)=O)C(F)(F)F)N1C[C@@H](Oc2cccc(F)c2)C[C@H]1CCC(=O)N1CCN(c2ncc(C(F)(F)F)cn2)CC1. The van der Waals surface area contributed by atoms with Crippen molar-refractivity contribution in [1.82, 2.24) is 19.8 Å². The second-order valence-corrected chi connectivity index (χ2v) is 10.3. The molecule has 0 spiro atoms. The number of alkyl halides is 6. The standard InChI is InChI=1S/C28H29F7N6O3/c1-17(11-23(25(36)43)28(33,34)35)41-16-22(44-21-4-2-3-19(29)12-21)13-20(41)5-6-24(42)39-7-9-40(10-8-39)26-37-14-18(15-38-26)27(30,31)32/h2-4,11-12,14-15,20,22H,1,5-10,13,16H2,(H2,36,43)/b23-11+/t20-,22+/m1/s1. The lowest BCUT2D eigenvalue weighted by Gasteiger charge is -2.35. The van der Waals surface area contributed by atoms with E-state index >= 15 is 0 Å². The molecule has 0 saturated carbocycles. The zero-order valence-electron chi connectivity index (χ0n) is 23.2. The van der Waals surface area contributed by atoms with Crippen LogP contribution in [0.25, 0.3) is 0 Å². The number of hydrogen-bond acceptors (Lipinski definition) is 7. The third kappa shape index (κ3) is 8.17. The quantitative estimate of drug-likeness (QED) is 0.253. The van der Waals surface area contributed by atoms with E-state index in [4.69, 9.17) is 10.5 Å². The minimum atomic E-state index is -5.01.